The molecule has 0 aliphatic heterocycles. The summed E-state index contributed by atoms with van der Waals surface area (Å²) in [6.45, 7) is 19.0. The van der Waals surface area contributed by atoms with Crippen LogP contribution in [0.25, 0.3) is 27.6 Å². The molecule has 0 amide bonds. The molecule has 3 nitrogen and oxygen atoms in total. The highest BCUT2D eigenvalue weighted by atomic mass is 19.1. The number of halogens is 1. The van der Waals surface area contributed by atoms with Gasteiger partial charge in [-0.2, -0.15) is 0 Å². The first kappa shape index (κ1) is 23.2. The van der Waals surface area contributed by atoms with E-state index in [1.165, 1.54) is 11.1 Å². The van der Waals surface area contributed by atoms with Gasteiger partial charge in [-0.3, -0.25) is 4.40 Å². The predicted molar refractivity (Wildman–Crippen MR) is 131 cm³/mol. The third-order valence-corrected chi connectivity index (χ3v) is 6.14. The highest BCUT2D eigenvalue weighted by molar-refractivity contribution is 5.99. The number of aryl methyl sites for hydroxylation is 2. The molecular formula is C27H36FN3. The molecule has 0 saturated heterocycles. The summed E-state index contributed by atoms with van der Waals surface area (Å²) in [6, 6.07) is 7.60. The van der Waals surface area contributed by atoms with Crippen molar-refractivity contribution in [3.8, 4) is 0 Å². The molecule has 4 heteroatoms. The molecule has 0 fully saturated rings. The van der Waals surface area contributed by atoms with Gasteiger partial charge >= 0.3 is 0 Å². The van der Waals surface area contributed by atoms with Gasteiger partial charge < -0.3 is 0 Å². The topological polar surface area (TPSA) is 30.2 Å². The van der Waals surface area contributed by atoms with Gasteiger partial charge in [0.05, 0.1) is 16.6 Å². The van der Waals surface area contributed by atoms with Crippen molar-refractivity contribution in [2.45, 2.75) is 86.5 Å². The lowest BCUT2D eigenvalue weighted by Gasteiger charge is -2.23. The molecular weight excluding hydrogens is 385 g/mol. The zero-order valence-electron chi connectivity index (χ0n) is 20.5. The highest BCUT2D eigenvalue weighted by Gasteiger charge is 2.26. The standard InChI is InChI=1S/C25H30FN3.C2H6/c1-8-16(9-2)18-12-17(26)13-20-22(18)23-27-19-10-14(3)15(4)11-21(19)29(23)24(28-20)25(5,6)7;1-2/h10-13,16H,8-9H2,1-7H3;1-2H3. The second kappa shape index (κ2) is 8.57. The van der Waals surface area contributed by atoms with Crippen LogP contribution in [-0.2, 0) is 5.41 Å². The Morgan fingerprint density at radius 3 is 2.10 bits per heavy atom. The van der Waals surface area contributed by atoms with E-state index in [2.05, 4.69) is 65.0 Å². The van der Waals surface area contributed by atoms with Crippen LogP contribution in [0.4, 0.5) is 4.39 Å². The van der Waals surface area contributed by atoms with Gasteiger partial charge in [-0.25, -0.2) is 14.4 Å². The lowest BCUT2D eigenvalue weighted by Crippen LogP contribution is -2.19. The van der Waals surface area contributed by atoms with Gasteiger partial charge in [0.25, 0.3) is 0 Å². The van der Waals surface area contributed by atoms with E-state index in [0.29, 0.717) is 5.52 Å². The van der Waals surface area contributed by atoms with E-state index in [-0.39, 0.29) is 17.2 Å². The monoisotopic (exact) mass is 421 g/mol. The molecule has 0 unspecified atom stereocenters. The average molecular weight is 422 g/mol. The van der Waals surface area contributed by atoms with Crippen LogP contribution in [0.15, 0.2) is 24.3 Å². The molecule has 0 bridgehead atoms. The van der Waals surface area contributed by atoms with Crippen molar-refractivity contribution in [1.82, 2.24) is 14.4 Å². The van der Waals surface area contributed by atoms with Crippen molar-refractivity contribution >= 4 is 27.6 Å². The first-order valence-electron chi connectivity index (χ1n) is 11.6. The van der Waals surface area contributed by atoms with Crippen LogP contribution >= 0.6 is 0 Å². The Kier molecular flexibility index (Phi) is 6.40. The molecule has 0 saturated carbocycles. The maximum Gasteiger partial charge on any atom is 0.149 e. The Morgan fingerprint density at radius 1 is 0.903 bits per heavy atom. The summed E-state index contributed by atoms with van der Waals surface area (Å²) in [5.74, 6) is 0.966. The molecule has 0 atom stereocenters. The van der Waals surface area contributed by atoms with E-state index in [4.69, 9.17) is 9.97 Å². The molecule has 2 aromatic carbocycles. The minimum absolute atomic E-state index is 0.208. The summed E-state index contributed by atoms with van der Waals surface area (Å²) in [5, 5.41) is 0.986. The zero-order valence-corrected chi connectivity index (χ0v) is 20.5. The number of hydrogen-bond donors (Lipinski definition) is 0. The molecule has 0 spiro atoms. The van der Waals surface area contributed by atoms with E-state index in [1.807, 2.05) is 13.8 Å². The molecule has 2 aromatic heterocycles. The first-order valence-corrected chi connectivity index (χ1v) is 11.6. The summed E-state index contributed by atoms with van der Waals surface area (Å²) in [5.41, 5.74) is 6.90. The Bertz CT molecular complexity index is 1240. The first-order chi connectivity index (χ1) is 14.7. The van der Waals surface area contributed by atoms with Gasteiger partial charge in [0.2, 0.25) is 0 Å². The number of benzene rings is 2. The Labute approximate surface area is 185 Å². The van der Waals surface area contributed by atoms with Crippen LogP contribution in [0.3, 0.4) is 0 Å². The van der Waals surface area contributed by atoms with Crippen molar-refractivity contribution in [1.29, 1.82) is 0 Å². The highest BCUT2D eigenvalue weighted by Crippen LogP contribution is 2.37. The van der Waals surface area contributed by atoms with E-state index in [1.54, 1.807) is 12.1 Å². The van der Waals surface area contributed by atoms with E-state index >= 15 is 0 Å². The number of fused-ring (bicyclic) bond motifs is 5. The Balaban J connectivity index is 0.00000132. The van der Waals surface area contributed by atoms with Gasteiger partial charge in [-0.05, 0) is 67.5 Å². The van der Waals surface area contributed by atoms with Crippen molar-refractivity contribution in [3.05, 3.63) is 52.6 Å². The summed E-state index contributed by atoms with van der Waals surface area (Å²) < 4.78 is 16.8. The number of rotatable bonds is 3. The van der Waals surface area contributed by atoms with Crippen LogP contribution in [0, 0.1) is 19.7 Å². The van der Waals surface area contributed by atoms with E-state index in [9.17, 15) is 4.39 Å². The summed E-state index contributed by atoms with van der Waals surface area (Å²) in [4.78, 5) is 10.1. The third kappa shape index (κ3) is 3.93. The fraction of sp³-hybridized carbons (Fsp3) is 0.481. The second-order valence-corrected chi connectivity index (χ2v) is 9.28. The number of aromatic nitrogens is 3. The molecule has 166 valence electrons. The molecule has 4 aromatic rings. The molecule has 0 aliphatic rings. The summed E-state index contributed by atoms with van der Waals surface area (Å²) in [6.07, 6.45) is 1.92. The van der Waals surface area contributed by atoms with Crippen LogP contribution in [0.5, 0.6) is 0 Å². The minimum atomic E-state index is -0.223. The van der Waals surface area contributed by atoms with Crippen molar-refractivity contribution in [2.24, 2.45) is 0 Å². The van der Waals surface area contributed by atoms with Crippen LogP contribution in [0.1, 0.15) is 89.7 Å². The second-order valence-electron chi connectivity index (χ2n) is 9.28. The number of hydrogen-bond acceptors (Lipinski definition) is 2. The molecule has 2 heterocycles. The summed E-state index contributed by atoms with van der Waals surface area (Å²) >= 11 is 0. The lowest BCUT2D eigenvalue weighted by molar-refractivity contribution is 0.541. The fourth-order valence-corrected chi connectivity index (χ4v) is 4.38. The van der Waals surface area contributed by atoms with Gasteiger partial charge in [0, 0.05) is 16.9 Å². The Morgan fingerprint density at radius 2 is 1.52 bits per heavy atom. The normalized spacial score (nSPS) is 12.1. The average Bonchev–Trinajstić information content (AvgIpc) is 3.07. The largest absolute Gasteiger partial charge is 0.279 e. The van der Waals surface area contributed by atoms with Gasteiger partial charge in [0.15, 0.2) is 0 Å². The van der Waals surface area contributed by atoms with Crippen LogP contribution in [0.2, 0.25) is 0 Å². The molecule has 0 N–H and O–H groups in total. The van der Waals surface area contributed by atoms with Crippen molar-refractivity contribution in [2.75, 3.05) is 0 Å². The molecule has 4 rings (SSSR count). The third-order valence-electron chi connectivity index (χ3n) is 6.14. The smallest absolute Gasteiger partial charge is 0.149 e. The van der Waals surface area contributed by atoms with Gasteiger partial charge in [-0.1, -0.05) is 48.5 Å². The van der Waals surface area contributed by atoms with Gasteiger partial charge in [-0.15, -0.1) is 0 Å². The lowest BCUT2D eigenvalue weighted by atomic mass is 9.90. The summed E-state index contributed by atoms with van der Waals surface area (Å²) in [7, 11) is 0. The van der Waals surface area contributed by atoms with Crippen LogP contribution in [-0.4, -0.2) is 14.4 Å². The molecule has 31 heavy (non-hydrogen) atoms. The van der Waals surface area contributed by atoms with Crippen molar-refractivity contribution < 1.29 is 4.39 Å². The van der Waals surface area contributed by atoms with Crippen LogP contribution < -0.4 is 0 Å². The maximum atomic E-state index is 14.6. The molecule has 0 radical (unpaired) electrons. The fourth-order valence-electron chi connectivity index (χ4n) is 4.38. The zero-order chi connectivity index (χ0) is 23.1. The number of nitrogens with zero attached hydrogens (tertiary/aromatic N) is 3. The maximum absolute atomic E-state index is 14.6. The SMILES string of the molecule is CC.CCC(CC)c1cc(F)cc2nc(C(C)(C)C)n3c4cc(C)c(C)cc4nc3c12. The number of imidazole rings is 1. The molecule has 0 aliphatic carbocycles. The van der Waals surface area contributed by atoms with Gasteiger partial charge in [0.1, 0.15) is 17.3 Å². The van der Waals surface area contributed by atoms with E-state index < -0.39 is 0 Å². The Hall–Kier alpha value is -2.49. The van der Waals surface area contributed by atoms with E-state index in [0.717, 1.165) is 46.3 Å². The van der Waals surface area contributed by atoms with Crippen molar-refractivity contribution in [3.63, 3.8) is 0 Å². The quantitative estimate of drug-likeness (QED) is 0.335. The predicted octanol–water partition coefficient (Wildman–Crippen LogP) is 8.02. The minimum Gasteiger partial charge on any atom is -0.279 e.